The van der Waals surface area contributed by atoms with Crippen LogP contribution in [0, 0.1) is 21.8 Å². The van der Waals surface area contributed by atoms with E-state index in [4.69, 9.17) is 9.84 Å². The molecule has 1 rings (SSSR count). The first-order valence-electron chi connectivity index (χ1n) is 5.73. The van der Waals surface area contributed by atoms with E-state index in [1.54, 1.807) is 0 Å². The Hall–Kier alpha value is -2.38. The summed E-state index contributed by atoms with van der Waals surface area (Å²) in [5, 5.41) is 19.8. The number of carboxylic acids is 1. The number of anilines is 1. The Kier molecular flexibility index (Phi) is 4.84. The molecule has 8 heteroatoms. The van der Waals surface area contributed by atoms with Crippen LogP contribution in [0.2, 0.25) is 0 Å². The predicted molar refractivity (Wildman–Crippen MR) is 69.7 cm³/mol. The average molecular weight is 286 g/mol. The fraction of sp³-hybridized carbons (Fsp3) is 0.417. The van der Waals surface area contributed by atoms with Crippen molar-refractivity contribution >= 4 is 17.3 Å². The highest BCUT2D eigenvalue weighted by Crippen LogP contribution is 2.34. The number of hydrogen-bond donors (Lipinski definition) is 1. The maximum atomic E-state index is 13.7. The van der Waals surface area contributed by atoms with Crippen LogP contribution in [-0.2, 0) is 4.79 Å². The number of ether oxygens (including phenoxy) is 1. The number of hydrogen-bond acceptors (Lipinski definition) is 5. The number of nitro benzene ring substituents is 1. The highest BCUT2D eigenvalue weighted by Gasteiger charge is 2.26. The second kappa shape index (κ2) is 6.18. The largest absolute Gasteiger partial charge is 0.497 e. The molecule has 1 aromatic carbocycles. The van der Waals surface area contributed by atoms with Crippen LogP contribution in [0.1, 0.15) is 6.92 Å². The van der Waals surface area contributed by atoms with Gasteiger partial charge in [-0.3, -0.25) is 14.9 Å². The van der Waals surface area contributed by atoms with Gasteiger partial charge < -0.3 is 14.7 Å². The highest BCUT2D eigenvalue weighted by atomic mass is 19.1. The molecule has 0 aliphatic carbocycles. The molecule has 0 fully saturated rings. The Balaban J connectivity index is 3.23. The van der Waals surface area contributed by atoms with Crippen LogP contribution >= 0.6 is 0 Å². The van der Waals surface area contributed by atoms with Gasteiger partial charge in [-0.25, -0.2) is 0 Å². The van der Waals surface area contributed by atoms with Crippen LogP contribution in [0.15, 0.2) is 12.1 Å². The summed E-state index contributed by atoms with van der Waals surface area (Å²) in [6.45, 7) is 1.46. The number of carboxylic acid groups (broad SMARTS) is 1. The van der Waals surface area contributed by atoms with Gasteiger partial charge in [0.05, 0.1) is 18.0 Å². The van der Waals surface area contributed by atoms with Crippen LogP contribution < -0.4 is 9.64 Å². The maximum absolute atomic E-state index is 13.7. The van der Waals surface area contributed by atoms with Gasteiger partial charge in [0.1, 0.15) is 11.4 Å². The van der Waals surface area contributed by atoms with Crippen molar-refractivity contribution in [3.63, 3.8) is 0 Å². The van der Waals surface area contributed by atoms with E-state index in [0.717, 1.165) is 6.07 Å². The first-order valence-corrected chi connectivity index (χ1v) is 5.73. The van der Waals surface area contributed by atoms with E-state index in [9.17, 15) is 19.3 Å². The molecule has 1 unspecified atom stereocenters. The van der Waals surface area contributed by atoms with Gasteiger partial charge in [-0.05, 0) is 0 Å². The number of nitrogens with zero attached hydrogens (tertiary/aromatic N) is 2. The lowest BCUT2D eigenvalue weighted by Gasteiger charge is -2.21. The summed E-state index contributed by atoms with van der Waals surface area (Å²) >= 11 is 0. The van der Waals surface area contributed by atoms with Crippen molar-refractivity contribution in [3.8, 4) is 5.75 Å². The van der Waals surface area contributed by atoms with Gasteiger partial charge in [-0.1, -0.05) is 6.92 Å². The molecule has 0 amide bonds. The number of aliphatic carboxylic acids is 1. The molecule has 0 spiro atoms. The Morgan fingerprint density at radius 1 is 1.60 bits per heavy atom. The third-order valence-electron chi connectivity index (χ3n) is 2.82. The topological polar surface area (TPSA) is 92.9 Å². The van der Waals surface area contributed by atoms with Crippen LogP contribution in [0.4, 0.5) is 15.8 Å². The average Bonchev–Trinajstić information content (AvgIpc) is 2.36. The van der Waals surface area contributed by atoms with E-state index in [2.05, 4.69) is 0 Å². The summed E-state index contributed by atoms with van der Waals surface area (Å²) < 4.78 is 18.6. The number of methoxy groups -OCH3 is 1. The maximum Gasteiger partial charge on any atom is 0.328 e. The minimum atomic E-state index is -1.04. The Bertz CT molecular complexity index is 535. The van der Waals surface area contributed by atoms with Gasteiger partial charge in [0.2, 0.25) is 5.82 Å². The normalized spacial score (nSPS) is 11.8. The van der Waals surface area contributed by atoms with Crippen LogP contribution in [0.25, 0.3) is 0 Å². The number of nitro groups is 1. The summed E-state index contributed by atoms with van der Waals surface area (Å²) in [6, 6.07) is 2.21. The van der Waals surface area contributed by atoms with Crippen molar-refractivity contribution in [2.75, 3.05) is 25.6 Å². The Morgan fingerprint density at radius 3 is 2.65 bits per heavy atom. The number of carbonyl (C=O) groups is 1. The lowest BCUT2D eigenvalue weighted by Crippen LogP contribution is -2.29. The molecule has 1 atom stereocenters. The van der Waals surface area contributed by atoms with Crippen molar-refractivity contribution in [1.29, 1.82) is 0 Å². The van der Waals surface area contributed by atoms with Crippen LogP contribution in [0.3, 0.4) is 0 Å². The molecular weight excluding hydrogens is 271 g/mol. The molecule has 20 heavy (non-hydrogen) atoms. The van der Waals surface area contributed by atoms with E-state index in [-0.39, 0.29) is 18.0 Å². The van der Waals surface area contributed by atoms with E-state index in [1.165, 1.54) is 32.0 Å². The summed E-state index contributed by atoms with van der Waals surface area (Å²) in [7, 11) is 2.77. The monoisotopic (exact) mass is 286 g/mol. The summed E-state index contributed by atoms with van der Waals surface area (Å²) in [6.07, 6.45) is 0. The second-order valence-corrected chi connectivity index (χ2v) is 4.35. The van der Waals surface area contributed by atoms with Gasteiger partial charge in [0, 0.05) is 25.7 Å². The molecule has 0 aromatic heterocycles. The molecule has 1 N–H and O–H groups in total. The number of benzene rings is 1. The molecule has 0 radical (unpaired) electrons. The first kappa shape index (κ1) is 15.7. The molecule has 110 valence electrons. The first-order chi connectivity index (χ1) is 9.27. The lowest BCUT2D eigenvalue weighted by atomic mass is 10.1. The molecule has 0 saturated carbocycles. The molecule has 0 aliphatic heterocycles. The highest BCUT2D eigenvalue weighted by molar-refractivity contribution is 5.72. The SMILES string of the molecule is COc1cc(F)c([N+](=O)[O-])c(N(C)CC(C)C(=O)O)c1. The fourth-order valence-electron chi connectivity index (χ4n) is 1.74. The third kappa shape index (κ3) is 3.34. The minimum absolute atomic E-state index is 0.00276. The zero-order valence-electron chi connectivity index (χ0n) is 11.3. The zero-order chi connectivity index (χ0) is 15.4. The smallest absolute Gasteiger partial charge is 0.328 e. The molecule has 0 bridgehead atoms. The molecule has 1 aromatic rings. The van der Waals surface area contributed by atoms with E-state index >= 15 is 0 Å². The summed E-state index contributed by atoms with van der Waals surface area (Å²) in [5.41, 5.74) is -0.731. The summed E-state index contributed by atoms with van der Waals surface area (Å²) in [4.78, 5) is 22.2. The number of halogens is 1. The van der Waals surface area contributed by atoms with Crippen LogP contribution in [-0.4, -0.2) is 36.7 Å². The fourth-order valence-corrected chi connectivity index (χ4v) is 1.74. The van der Waals surface area contributed by atoms with E-state index in [0.29, 0.717) is 0 Å². The molecule has 7 nitrogen and oxygen atoms in total. The molecular formula is C12H15FN2O5. The van der Waals surface area contributed by atoms with Crippen LogP contribution in [0.5, 0.6) is 5.75 Å². The molecule has 0 heterocycles. The van der Waals surface area contributed by atoms with Crippen molar-refractivity contribution < 1.29 is 24.0 Å². The third-order valence-corrected chi connectivity index (χ3v) is 2.82. The van der Waals surface area contributed by atoms with Gasteiger partial charge in [0.25, 0.3) is 0 Å². The lowest BCUT2D eigenvalue weighted by molar-refractivity contribution is -0.386. The van der Waals surface area contributed by atoms with E-state index < -0.39 is 28.3 Å². The van der Waals surface area contributed by atoms with Gasteiger partial charge in [0.15, 0.2) is 0 Å². The minimum Gasteiger partial charge on any atom is -0.497 e. The Labute approximate surface area is 114 Å². The summed E-state index contributed by atoms with van der Waals surface area (Å²) in [5.74, 6) is -2.70. The molecule has 0 saturated heterocycles. The Morgan fingerprint density at radius 2 is 2.20 bits per heavy atom. The van der Waals surface area contributed by atoms with Gasteiger partial charge in [-0.2, -0.15) is 4.39 Å². The van der Waals surface area contributed by atoms with Gasteiger partial charge >= 0.3 is 11.7 Å². The predicted octanol–water partition coefficient (Wildman–Crippen LogP) is 1.90. The van der Waals surface area contributed by atoms with E-state index in [1.807, 2.05) is 0 Å². The van der Waals surface area contributed by atoms with Crippen molar-refractivity contribution in [2.45, 2.75) is 6.92 Å². The van der Waals surface area contributed by atoms with Crippen molar-refractivity contribution in [2.24, 2.45) is 5.92 Å². The van der Waals surface area contributed by atoms with Crippen molar-refractivity contribution in [1.82, 2.24) is 0 Å². The zero-order valence-corrected chi connectivity index (χ0v) is 11.3. The van der Waals surface area contributed by atoms with Crippen molar-refractivity contribution in [3.05, 3.63) is 28.1 Å². The second-order valence-electron chi connectivity index (χ2n) is 4.35. The quantitative estimate of drug-likeness (QED) is 0.634. The van der Waals surface area contributed by atoms with Gasteiger partial charge in [-0.15, -0.1) is 0 Å². The standard InChI is InChI=1S/C12H15FN2O5/c1-7(12(16)17)6-14(2)10-5-8(20-3)4-9(13)11(10)15(18)19/h4-5,7H,6H2,1-3H3,(H,16,17). The molecule has 0 aliphatic rings. The number of rotatable bonds is 6.